The zero-order valence-corrected chi connectivity index (χ0v) is 8.99. The van der Waals surface area contributed by atoms with E-state index in [9.17, 15) is 4.79 Å². The smallest absolute Gasteiger partial charge is 0.359 e. The van der Waals surface area contributed by atoms with Gasteiger partial charge in [0.15, 0.2) is 5.69 Å². The third-order valence-electron chi connectivity index (χ3n) is 2.33. The fraction of sp³-hybridized carbons (Fsp3) is 0.273. The second-order valence-corrected chi connectivity index (χ2v) is 3.38. The van der Waals surface area contributed by atoms with Crippen molar-refractivity contribution in [1.29, 1.82) is 0 Å². The van der Waals surface area contributed by atoms with E-state index in [1.54, 1.807) is 6.92 Å². The first-order valence-corrected chi connectivity index (χ1v) is 5.10. The number of benzene rings is 1. The van der Waals surface area contributed by atoms with Crippen molar-refractivity contribution in [2.45, 2.75) is 13.5 Å². The van der Waals surface area contributed by atoms with E-state index < -0.39 is 5.97 Å². The van der Waals surface area contributed by atoms with Gasteiger partial charge in [0.05, 0.1) is 12.1 Å². The van der Waals surface area contributed by atoms with E-state index in [4.69, 9.17) is 10.5 Å². The molecule has 0 amide bonds. The number of nitrogens with one attached hydrogen (secondary N) is 1. The second-order valence-electron chi connectivity index (χ2n) is 3.38. The number of hydrogen-bond donors (Lipinski definition) is 2. The molecule has 16 heavy (non-hydrogen) atoms. The van der Waals surface area contributed by atoms with Crippen LogP contribution in [0.1, 0.15) is 23.0 Å². The Kier molecular flexibility index (Phi) is 2.87. The van der Waals surface area contributed by atoms with Crippen molar-refractivity contribution >= 4 is 16.9 Å². The van der Waals surface area contributed by atoms with Crippen molar-refractivity contribution in [1.82, 2.24) is 10.2 Å². The molecule has 0 radical (unpaired) electrons. The Morgan fingerprint density at radius 1 is 1.56 bits per heavy atom. The minimum atomic E-state index is -0.408. The fourth-order valence-electron chi connectivity index (χ4n) is 1.55. The second kappa shape index (κ2) is 4.32. The Morgan fingerprint density at radius 2 is 2.38 bits per heavy atom. The number of aromatic nitrogens is 2. The maximum Gasteiger partial charge on any atom is 0.359 e. The zero-order chi connectivity index (χ0) is 11.5. The predicted octanol–water partition coefficient (Wildman–Crippen LogP) is 1.20. The topological polar surface area (TPSA) is 81.0 Å². The standard InChI is InChI=1S/C11H13N3O2/c1-2-16-11(15)10-8-4-3-7(6-12)5-9(8)13-14-10/h3-5H,2,6,12H2,1H3,(H,13,14). The Hall–Kier alpha value is -1.88. The van der Waals surface area contributed by atoms with Crippen LogP contribution in [-0.4, -0.2) is 22.8 Å². The summed E-state index contributed by atoms with van der Waals surface area (Å²) in [5, 5.41) is 7.50. The molecule has 1 aromatic carbocycles. The van der Waals surface area contributed by atoms with E-state index in [0.29, 0.717) is 18.8 Å². The number of rotatable bonds is 3. The average Bonchev–Trinajstić information content (AvgIpc) is 2.71. The summed E-state index contributed by atoms with van der Waals surface area (Å²) in [5.74, 6) is -0.408. The summed E-state index contributed by atoms with van der Waals surface area (Å²) in [6.45, 7) is 2.57. The minimum absolute atomic E-state index is 0.320. The number of hydrogen-bond acceptors (Lipinski definition) is 4. The van der Waals surface area contributed by atoms with Gasteiger partial charge in [-0.25, -0.2) is 4.79 Å². The van der Waals surface area contributed by atoms with E-state index in [1.165, 1.54) is 0 Å². The highest BCUT2D eigenvalue weighted by molar-refractivity contribution is 6.01. The highest BCUT2D eigenvalue weighted by Gasteiger charge is 2.14. The summed E-state index contributed by atoms with van der Waals surface area (Å²) in [4.78, 5) is 11.5. The molecule has 2 rings (SSSR count). The summed E-state index contributed by atoms with van der Waals surface area (Å²) in [5.41, 5.74) is 7.64. The molecule has 0 atom stereocenters. The van der Waals surface area contributed by atoms with Gasteiger partial charge < -0.3 is 10.5 Å². The number of aromatic amines is 1. The maximum absolute atomic E-state index is 11.5. The molecule has 0 saturated heterocycles. The first kappa shape index (κ1) is 10.6. The van der Waals surface area contributed by atoms with E-state index in [2.05, 4.69) is 10.2 Å². The lowest BCUT2D eigenvalue weighted by molar-refractivity contribution is 0.0521. The molecule has 5 heteroatoms. The maximum atomic E-state index is 11.5. The number of H-pyrrole nitrogens is 1. The molecule has 0 fully saturated rings. The van der Waals surface area contributed by atoms with Gasteiger partial charge in [-0.05, 0) is 24.6 Å². The van der Waals surface area contributed by atoms with E-state index in [1.807, 2.05) is 18.2 Å². The molecule has 0 aliphatic heterocycles. The number of nitrogens with two attached hydrogens (primary N) is 1. The van der Waals surface area contributed by atoms with Crippen LogP contribution in [0.4, 0.5) is 0 Å². The molecule has 2 aromatic rings. The first-order chi connectivity index (χ1) is 7.76. The zero-order valence-electron chi connectivity index (χ0n) is 8.99. The van der Waals surface area contributed by atoms with Gasteiger partial charge in [0, 0.05) is 11.9 Å². The van der Waals surface area contributed by atoms with E-state index in [0.717, 1.165) is 16.5 Å². The average molecular weight is 219 g/mol. The molecule has 5 nitrogen and oxygen atoms in total. The van der Waals surface area contributed by atoms with Crippen LogP contribution in [-0.2, 0) is 11.3 Å². The van der Waals surface area contributed by atoms with Gasteiger partial charge in [-0.1, -0.05) is 6.07 Å². The van der Waals surface area contributed by atoms with Crippen molar-refractivity contribution in [3.8, 4) is 0 Å². The van der Waals surface area contributed by atoms with E-state index >= 15 is 0 Å². The molecule has 0 aliphatic carbocycles. The monoisotopic (exact) mass is 219 g/mol. The lowest BCUT2D eigenvalue weighted by atomic mass is 10.1. The molecule has 3 N–H and O–H groups in total. The Bertz CT molecular complexity index is 519. The number of carbonyl (C=O) groups is 1. The molecule has 0 unspecified atom stereocenters. The number of ether oxygens (including phenoxy) is 1. The number of nitrogens with zero attached hydrogens (tertiary/aromatic N) is 1. The SMILES string of the molecule is CCOC(=O)c1n[nH]c2cc(CN)ccc12. The molecular formula is C11H13N3O2. The molecule has 84 valence electrons. The summed E-state index contributed by atoms with van der Waals surface area (Å²) in [6.07, 6.45) is 0. The van der Waals surface area contributed by atoms with Gasteiger partial charge in [-0.15, -0.1) is 0 Å². The van der Waals surface area contributed by atoms with Crippen molar-refractivity contribution < 1.29 is 9.53 Å². The van der Waals surface area contributed by atoms with Gasteiger partial charge >= 0.3 is 5.97 Å². The first-order valence-electron chi connectivity index (χ1n) is 5.10. The van der Waals surface area contributed by atoms with Crippen LogP contribution in [0.2, 0.25) is 0 Å². The number of fused-ring (bicyclic) bond motifs is 1. The quantitative estimate of drug-likeness (QED) is 0.760. The molecule has 0 spiro atoms. The summed E-state index contributed by atoms with van der Waals surface area (Å²) < 4.78 is 4.90. The van der Waals surface area contributed by atoms with Gasteiger partial charge in [0.2, 0.25) is 0 Å². The van der Waals surface area contributed by atoms with Crippen LogP contribution < -0.4 is 5.73 Å². The highest BCUT2D eigenvalue weighted by Crippen LogP contribution is 2.18. The third-order valence-corrected chi connectivity index (χ3v) is 2.33. The molecule has 0 saturated carbocycles. The normalized spacial score (nSPS) is 10.6. The lowest BCUT2D eigenvalue weighted by Crippen LogP contribution is -2.05. The molecule has 1 aromatic heterocycles. The fourth-order valence-corrected chi connectivity index (χ4v) is 1.55. The molecule has 0 bridgehead atoms. The van der Waals surface area contributed by atoms with Crippen LogP contribution in [0.15, 0.2) is 18.2 Å². The number of carbonyl (C=O) groups excluding carboxylic acids is 1. The molecular weight excluding hydrogens is 206 g/mol. The Balaban J connectivity index is 2.45. The largest absolute Gasteiger partial charge is 0.461 e. The van der Waals surface area contributed by atoms with Gasteiger partial charge in [-0.2, -0.15) is 5.10 Å². The van der Waals surface area contributed by atoms with Crippen LogP contribution in [0.3, 0.4) is 0 Å². The van der Waals surface area contributed by atoms with Crippen LogP contribution in [0.25, 0.3) is 10.9 Å². The van der Waals surface area contributed by atoms with Crippen LogP contribution >= 0.6 is 0 Å². The van der Waals surface area contributed by atoms with E-state index in [-0.39, 0.29) is 0 Å². The number of esters is 1. The van der Waals surface area contributed by atoms with Crippen LogP contribution in [0.5, 0.6) is 0 Å². The Labute approximate surface area is 92.6 Å². The minimum Gasteiger partial charge on any atom is -0.461 e. The summed E-state index contributed by atoms with van der Waals surface area (Å²) in [6, 6.07) is 5.58. The van der Waals surface area contributed by atoms with Gasteiger partial charge in [-0.3, -0.25) is 5.10 Å². The summed E-state index contributed by atoms with van der Waals surface area (Å²) in [7, 11) is 0. The van der Waals surface area contributed by atoms with Crippen molar-refractivity contribution in [3.05, 3.63) is 29.5 Å². The summed E-state index contributed by atoms with van der Waals surface area (Å²) >= 11 is 0. The van der Waals surface area contributed by atoms with Crippen molar-refractivity contribution in [2.75, 3.05) is 6.61 Å². The molecule has 1 heterocycles. The molecule has 0 aliphatic rings. The Morgan fingerprint density at radius 3 is 3.06 bits per heavy atom. The van der Waals surface area contributed by atoms with Crippen molar-refractivity contribution in [2.24, 2.45) is 5.73 Å². The van der Waals surface area contributed by atoms with Gasteiger partial charge in [0.1, 0.15) is 0 Å². The van der Waals surface area contributed by atoms with Gasteiger partial charge in [0.25, 0.3) is 0 Å². The lowest BCUT2D eigenvalue weighted by Gasteiger charge is -1.99. The van der Waals surface area contributed by atoms with Crippen LogP contribution in [0, 0.1) is 0 Å². The highest BCUT2D eigenvalue weighted by atomic mass is 16.5. The third kappa shape index (κ3) is 1.77. The van der Waals surface area contributed by atoms with Crippen molar-refractivity contribution in [3.63, 3.8) is 0 Å². The predicted molar refractivity (Wildman–Crippen MR) is 59.9 cm³/mol.